The highest BCUT2D eigenvalue weighted by Gasteiger charge is 2.13. The van der Waals surface area contributed by atoms with Gasteiger partial charge in [0.05, 0.1) is 0 Å². The van der Waals surface area contributed by atoms with E-state index in [1.807, 2.05) is 39.5 Å². The second-order valence-electron chi connectivity index (χ2n) is 5.62. The van der Waals surface area contributed by atoms with Gasteiger partial charge in [0.25, 0.3) is 0 Å². The van der Waals surface area contributed by atoms with Gasteiger partial charge < -0.3 is 16.0 Å². The van der Waals surface area contributed by atoms with Crippen LogP contribution < -0.4 is 16.0 Å². The molecule has 0 bridgehead atoms. The molecule has 0 atom stereocenters. The Hall–Kier alpha value is -0.910. The summed E-state index contributed by atoms with van der Waals surface area (Å²) in [5, 5.41) is 9.29. The Bertz CT molecular complexity index is 300. The molecular formula is C14H30N4OS. The van der Waals surface area contributed by atoms with Crippen molar-refractivity contribution in [2.45, 2.75) is 46.1 Å². The molecule has 0 fully saturated rings. The number of hydrogen-bond donors (Lipinski definition) is 3. The molecule has 0 heterocycles. The maximum absolute atomic E-state index is 11.7. The topological polar surface area (TPSA) is 65.5 Å². The lowest BCUT2D eigenvalue weighted by Gasteiger charge is -2.20. The fraction of sp³-hybridized carbons (Fsp3) is 0.857. The van der Waals surface area contributed by atoms with E-state index < -0.39 is 0 Å². The molecule has 0 rings (SSSR count). The number of unbranched alkanes of at least 4 members (excludes halogenated alkanes) is 1. The zero-order valence-corrected chi connectivity index (χ0v) is 14.3. The van der Waals surface area contributed by atoms with Crippen molar-refractivity contribution in [3.8, 4) is 0 Å². The van der Waals surface area contributed by atoms with Crippen LogP contribution in [0.5, 0.6) is 0 Å². The molecule has 3 N–H and O–H groups in total. The van der Waals surface area contributed by atoms with Crippen LogP contribution in [-0.2, 0) is 4.79 Å². The highest BCUT2D eigenvalue weighted by Crippen LogP contribution is 1.98. The first-order valence-electron chi connectivity index (χ1n) is 7.21. The minimum absolute atomic E-state index is 0.0583. The summed E-state index contributed by atoms with van der Waals surface area (Å²) >= 11 is 1.86. The number of amides is 1. The second-order valence-corrected chi connectivity index (χ2v) is 6.61. The highest BCUT2D eigenvalue weighted by atomic mass is 32.2. The van der Waals surface area contributed by atoms with E-state index in [-0.39, 0.29) is 18.0 Å². The van der Waals surface area contributed by atoms with Crippen molar-refractivity contribution in [2.75, 3.05) is 31.6 Å². The summed E-state index contributed by atoms with van der Waals surface area (Å²) in [7, 11) is 0. The summed E-state index contributed by atoms with van der Waals surface area (Å²) in [5.74, 6) is 1.83. The van der Waals surface area contributed by atoms with E-state index in [4.69, 9.17) is 0 Å². The zero-order valence-electron chi connectivity index (χ0n) is 13.5. The molecule has 5 nitrogen and oxygen atoms in total. The summed E-state index contributed by atoms with van der Waals surface area (Å²) in [6, 6.07) is 0. The minimum Gasteiger partial charge on any atom is -0.357 e. The molecule has 20 heavy (non-hydrogen) atoms. The van der Waals surface area contributed by atoms with Crippen LogP contribution in [0.15, 0.2) is 4.99 Å². The molecule has 0 aliphatic carbocycles. The van der Waals surface area contributed by atoms with Crippen LogP contribution in [0.3, 0.4) is 0 Å². The summed E-state index contributed by atoms with van der Waals surface area (Å²) in [5.41, 5.74) is -0.212. The van der Waals surface area contributed by atoms with Gasteiger partial charge >= 0.3 is 0 Å². The summed E-state index contributed by atoms with van der Waals surface area (Å²) in [6.45, 7) is 9.72. The van der Waals surface area contributed by atoms with Gasteiger partial charge in [-0.15, -0.1) is 0 Å². The average molecular weight is 302 g/mol. The third-order valence-corrected chi connectivity index (χ3v) is 3.00. The van der Waals surface area contributed by atoms with E-state index in [0.29, 0.717) is 5.96 Å². The van der Waals surface area contributed by atoms with Crippen molar-refractivity contribution < 1.29 is 4.79 Å². The van der Waals surface area contributed by atoms with Crippen molar-refractivity contribution >= 4 is 23.6 Å². The number of hydrogen-bond acceptors (Lipinski definition) is 3. The van der Waals surface area contributed by atoms with Gasteiger partial charge in [0.2, 0.25) is 5.91 Å². The van der Waals surface area contributed by atoms with Crippen LogP contribution in [0.4, 0.5) is 0 Å². The molecule has 0 aromatic rings. The van der Waals surface area contributed by atoms with Crippen molar-refractivity contribution in [2.24, 2.45) is 4.99 Å². The Labute approximate surface area is 127 Å². The van der Waals surface area contributed by atoms with Gasteiger partial charge in [-0.1, -0.05) is 0 Å². The van der Waals surface area contributed by atoms with Gasteiger partial charge in [-0.2, -0.15) is 11.8 Å². The Morgan fingerprint density at radius 2 is 1.90 bits per heavy atom. The van der Waals surface area contributed by atoms with E-state index in [0.717, 1.165) is 19.5 Å². The number of carbonyl (C=O) groups is 1. The van der Waals surface area contributed by atoms with Gasteiger partial charge in [-0.25, -0.2) is 4.99 Å². The molecule has 0 saturated heterocycles. The van der Waals surface area contributed by atoms with Gasteiger partial charge in [0, 0.05) is 18.6 Å². The largest absolute Gasteiger partial charge is 0.357 e. The SMILES string of the molecule is CCNC(=NCC(=O)NC(C)(C)C)NCCCCSC. The summed E-state index contributed by atoms with van der Waals surface area (Å²) in [4.78, 5) is 16.0. The molecule has 0 spiro atoms. The quantitative estimate of drug-likeness (QED) is 0.362. The minimum atomic E-state index is -0.212. The average Bonchev–Trinajstić information content (AvgIpc) is 2.33. The fourth-order valence-electron chi connectivity index (χ4n) is 1.53. The zero-order chi connectivity index (χ0) is 15.4. The molecule has 0 aromatic heterocycles. The lowest BCUT2D eigenvalue weighted by Crippen LogP contribution is -2.43. The van der Waals surface area contributed by atoms with Crippen LogP contribution >= 0.6 is 11.8 Å². The van der Waals surface area contributed by atoms with Gasteiger partial charge in [0.1, 0.15) is 6.54 Å². The first kappa shape index (κ1) is 19.1. The highest BCUT2D eigenvalue weighted by molar-refractivity contribution is 7.98. The standard InChI is InChI=1S/C14H30N4OS/c1-6-15-13(16-9-7-8-10-20-5)17-11-12(19)18-14(2,3)4/h6-11H2,1-5H3,(H,18,19)(H2,15,16,17). The number of rotatable bonds is 8. The molecule has 1 amide bonds. The molecule has 0 radical (unpaired) electrons. The van der Waals surface area contributed by atoms with Crippen LogP contribution in [-0.4, -0.2) is 49.0 Å². The summed E-state index contributed by atoms with van der Waals surface area (Å²) in [6.07, 6.45) is 4.42. The maximum atomic E-state index is 11.7. The van der Waals surface area contributed by atoms with E-state index >= 15 is 0 Å². The van der Waals surface area contributed by atoms with Crippen molar-refractivity contribution in [1.29, 1.82) is 0 Å². The maximum Gasteiger partial charge on any atom is 0.242 e. The van der Waals surface area contributed by atoms with Gasteiger partial charge in [0.15, 0.2) is 5.96 Å². The van der Waals surface area contributed by atoms with Crippen molar-refractivity contribution in [3.05, 3.63) is 0 Å². The molecule has 0 aliphatic rings. The van der Waals surface area contributed by atoms with E-state index in [9.17, 15) is 4.79 Å². The Kier molecular flexibility index (Phi) is 10.3. The lowest BCUT2D eigenvalue weighted by atomic mass is 10.1. The molecule has 118 valence electrons. The number of nitrogens with one attached hydrogen (secondary N) is 3. The summed E-state index contributed by atoms with van der Waals surface area (Å²) < 4.78 is 0. The van der Waals surface area contributed by atoms with Crippen LogP contribution in [0.25, 0.3) is 0 Å². The predicted molar refractivity (Wildman–Crippen MR) is 89.5 cm³/mol. The second kappa shape index (κ2) is 10.8. The van der Waals surface area contributed by atoms with Gasteiger partial charge in [-0.3, -0.25) is 4.79 Å². The predicted octanol–water partition coefficient (Wildman–Crippen LogP) is 1.60. The first-order valence-corrected chi connectivity index (χ1v) is 8.60. The molecule has 0 aliphatic heterocycles. The lowest BCUT2D eigenvalue weighted by molar-refractivity contribution is -0.121. The molecular weight excluding hydrogens is 272 g/mol. The number of thioether (sulfide) groups is 1. The Morgan fingerprint density at radius 1 is 1.20 bits per heavy atom. The molecule has 0 saturated carbocycles. The van der Waals surface area contributed by atoms with E-state index in [2.05, 4.69) is 27.2 Å². The molecule has 0 unspecified atom stereocenters. The molecule has 0 aromatic carbocycles. The molecule has 6 heteroatoms. The third-order valence-electron chi connectivity index (χ3n) is 2.31. The number of guanidine groups is 1. The van der Waals surface area contributed by atoms with Crippen molar-refractivity contribution in [3.63, 3.8) is 0 Å². The number of carbonyl (C=O) groups excluding carboxylic acids is 1. The van der Waals surface area contributed by atoms with Crippen LogP contribution in [0, 0.1) is 0 Å². The Morgan fingerprint density at radius 3 is 2.45 bits per heavy atom. The van der Waals surface area contributed by atoms with Crippen LogP contribution in [0.2, 0.25) is 0 Å². The van der Waals surface area contributed by atoms with E-state index in [1.54, 1.807) is 0 Å². The fourth-order valence-corrected chi connectivity index (χ4v) is 2.02. The first-order chi connectivity index (χ1) is 9.39. The Balaban J connectivity index is 4.09. The normalized spacial score (nSPS) is 12.2. The van der Waals surface area contributed by atoms with Crippen LogP contribution in [0.1, 0.15) is 40.5 Å². The number of aliphatic imine (C=N–C) groups is 1. The third kappa shape index (κ3) is 12.1. The number of nitrogens with zero attached hydrogens (tertiary/aromatic N) is 1. The smallest absolute Gasteiger partial charge is 0.242 e. The van der Waals surface area contributed by atoms with Crippen molar-refractivity contribution in [1.82, 2.24) is 16.0 Å². The van der Waals surface area contributed by atoms with Gasteiger partial charge in [-0.05, 0) is 52.5 Å². The van der Waals surface area contributed by atoms with E-state index in [1.165, 1.54) is 12.2 Å². The monoisotopic (exact) mass is 302 g/mol.